The van der Waals surface area contributed by atoms with Crippen LogP contribution in [0, 0.1) is 11.7 Å². The topological polar surface area (TPSA) is 129 Å². The van der Waals surface area contributed by atoms with Gasteiger partial charge in [-0.05, 0) is 49.4 Å². The summed E-state index contributed by atoms with van der Waals surface area (Å²) in [4.78, 5) is 58.0. The van der Waals surface area contributed by atoms with Gasteiger partial charge in [-0.2, -0.15) is 0 Å². The first-order valence-electron chi connectivity index (χ1n) is 11.6. The van der Waals surface area contributed by atoms with E-state index >= 15 is 0 Å². The van der Waals surface area contributed by atoms with E-state index in [0.717, 1.165) is 12.8 Å². The standard InChI is InChI=1S/C24H27FN6O4/c1-2-8-31-20-19(21(32)29-24(31)35)10-16(13-26-20)22(33)30-9-4-5-15(14-30)12-27-23(34)28-18-7-3-6-17(25)11-18/h3,6-7,10-11,13,15H,2,4-5,8-9,12,14H2,1H3,(H2,27,28,34)(H,29,32,35). The number of fused-ring (bicyclic) bond motifs is 1. The number of H-pyrrole nitrogens is 1. The molecule has 3 aromatic rings. The van der Waals surface area contributed by atoms with Gasteiger partial charge in [-0.15, -0.1) is 0 Å². The summed E-state index contributed by atoms with van der Waals surface area (Å²) in [5.41, 5.74) is -0.233. The van der Waals surface area contributed by atoms with Gasteiger partial charge in [0, 0.05) is 38.1 Å². The Morgan fingerprint density at radius 1 is 1.26 bits per heavy atom. The van der Waals surface area contributed by atoms with Gasteiger partial charge in [0.1, 0.15) is 11.5 Å². The molecule has 1 aliphatic heterocycles. The molecule has 1 unspecified atom stereocenters. The SMILES string of the molecule is CCCn1c(=O)[nH]c(=O)c2cc(C(=O)N3CCCC(CNC(=O)Nc4cccc(F)c4)C3)cnc21. The number of piperidine rings is 1. The largest absolute Gasteiger partial charge is 0.338 e. The van der Waals surface area contributed by atoms with Crippen LogP contribution < -0.4 is 21.9 Å². The van der Waals surface area contributed by atoms with Crippen molar-refractivity contribution in [1.29, 1.82) is 0 Å². The molecule has 1 atom stereocenters. The van der Waals surface area contributed by atoms with Crippen LogP contribution in [-0.2, 0) is 6.54 Å². The van der Waals surface area contributed by atoms with Crippen LogP contribution in [0.1, 0.15) is 36.5 Å². The molecule has 3 amide bonds. The molecule has 1 fully saturated rings. The summed E-state index contributed by atoms with van der Waals surface area (Å²) in [5.74, 6) is -0.665. The van der Waals surface area contributed by atoms with Crippen molar-refractivity contribution in [2.75, 3.05) is 25.0 Å². The fraction of sp³-hybridized carbons (Fsp3) is 0.375. The quantitative estimate of drug-likeness (QED) is 0.497. The fourth-order valence-corrected chi connectivity index (χ4v) is 4.29. The maximum absolute atomic E-state index is 13.3. The van der Waals surface area contributed by atoms with E-state index in [1.165, 1.54) is 35.0 Å². The molecule has 1 saturated heterocycles. The lowest BCUT2D eigenvalue weighted by atomic mass is 9.97. The van der Waals surface area contributed by atoms with Gasteiger partial charge in [0.25, 0.3) is 11.5 Å². The summed E-state index contributed by atoms with van der Waals surface area (Å²) in [7, 11) is 0. The second-order valence-electron chi connectivity index (χ2n) is 8.61. The lowest BCUT2D eigenvalue weighted by Gasteiger charge is -2.33. The third kappa shape index (κ3) is 5.56. The Morgan fingerprint density at radius 2 is 2.09 bits per heavy atom. The predicted octanol–water partition coefficient (Wildman–Crippen LogP) is 2.31. The van der Waals surface area contributed by atoms with Crippen molar-refractivity contribution in [3.8, 4) is 0 Å². The van der Waals surface area contributed by atoms with Crippen molar-refractivity contribution in [3.63, 3.8) is 0 Å². The van der Waals surface area contributed by atoms with Crippen molar-refractivity contribution < 1.29 is 14.0 Å². The summed E-state index contributed by atoms with van der Waals surface area (Å²) in [6.45, 7) is 3.65. The van der Waals surface area contributed by atoms with E-state index in [9.17, 15) is 23.6 Å². The number of nitrogens with zero attached hydrogens (tertiary/aromatic N) is 3. The average molecular weight is 483 g/mol. The third-order valence-corrected chi connectivity index (χ3v) is 5.97. The number of hydrogen-bond acceptors (Lipinski definition) is 5. The number of benzene rings is 1. The highest BCUT2D eigenvalue weighted by Gasteiger charge is 2.25. The van der Waals surface area contributed by atoms with E-state index in [1.807, 2.05) is 6.92 Å². The monoisotopic (exact) mass is 482 g/mol. The number of carbonyl (C=O) groups excluding carboxylic acids is 2. The molecular weight excluding hydrogens is 455 g/mol. The molecule has 3 heterocycles. The Balaban J connectivity index is 1.42. The van der Waals surface area contributed by atoms with Crippen LogP contribution in [0.5, 0.6) is 0 Å². The molecular formula is C24H27FN6O4. The molecule has 10 nitrogen and oxygen atoms in total. The van der Waals surface area contributed by atoms with Gasteiger partial charge < -0.3 is 15.5 Å². The highest BCUT2D eigenvalue weighted by atomic mass is 19.1. The van der Waals surface area contributed by atoms with Gasteiger partial charge in [0.05, 0.1) is 10.9 Å². The zero-order valence-electron chi connectivity index (χ0n) is 19.3. The van der Waals surface area contributed by atoms with Crippen molar-refractivity contribution >= 4 is 28.7 Å². The fourth-order valence-electron chi connectivity index (χ4n) is 4.29. The van der Waals surface area contributed by atoms with Gasteiger partial charge >= 0.3 is 11.7 Å². The van der Waals surface area contributed by atoms with Gasteiger partial charge in [0.15, 0.2) is 0 Å². The lowest BCUT2D eigenvalue weighted by Crippen LogP contribution is -2.44. The maximum Gasteiger partial charge on any atom is 0.329 e. The second kappa shape index (κ2) is 10.5. The number of anilines is 1. The molecule has 0 radical (unpaired) electrons. The maximum atomic E-state index is 13.3. The van der Waals surface area contributed by atoms with Gasteiger partial charge in [-0.1, -0.05) is 13.0 Å². The Hall–Kier alpha value is -4.02. The van der Waals surface area contributed by atoms with E-state index in [0.29, 0.717) is 38.3 Å². The summed E-state index contributed by atoms with van der Waals surface area (Å²) in [6.07, 6.45) is 3.68. The van der Waals surface area contributed by atoms with Crippen LogP contribution in [0.3, 0.4) is 0 Å². The number of hydrogen-bond donors (Lipinski definition) is 3. The minimum Gasteiger partial charge on any atom is -0.338 e. The molecule has 11 heteroatoms. The first-order chi connectivity index (χ1) is 16.9. The Kier molecular flexibility index (Phi) is 7.23. The zero-order chi connectivity index (χ0) is 24.9. The average Bonchev–Trinajstić information content (AvgIpc) is 2.85. The number of pyridine rings is 1. The van der Waals surface area contributed by atoms with Gasteiger partial charge in [-0.25, -0.2) is 19.0 Å². The minimum absolute atomic E-state index is 0.0394. The molecule has 0 spiro atoms. The van der Waals surface area contributed by atoms with E-state index < -0.39 is 23.1 Å². The molecule has 184 valence electrons. The van der Waals surface area contributed by atoms with Crippen LogP contribution in [0.2, 0.25) is 0 Å². The number of amides is 3. The molecule has 1 aliphatic rings. The lowest BCUT2D eigenvalue weighted by molar-refractivity contribution is 0.0675. The molecule has 3 N–H and O–H groups in total. The first kappa shape index (κ1) is 24.1. The number of aromatic amines is 1. The molecule has 0 bridgehead atoms. The van der Waals surface area contributed by atoms with Crippen molar-refractivity contribution in [1.82, 2.24) is 24.8 Å². The number of halogens is 1. The molecule has 4 rings (SSSR count). The normalized spacial score (nSPS) is 15.7. The molecule has 0 aliphatic carbocycles. The molecule has 1 aromatic carbocycles. The minimum atomic E-state index is -0.579. The van der Waals surface area contributed by atoms with Crippen LogP contribution in [-0.4, -0.2) is 51.0 Å². The van der Waals surface area contributed by atoms with Crippen LogP contribution in [0.4, 0.5) is 14.9 Å². The highest BCUT2D eigenvalue weighted by molar-refractivity contribution is 5.96. The zero-order valence-corrected chi connectivity index (χ0v) is 19.3. The van der Waals surface area contributed by atoms with E-state index in [-0.39, 0.29) is 28.4 Å². The number of carbonyl (C=O) groups is 2. The van der Waals surface area contributed by atoms with Gasteiger partial charge in [-0.3, -0.25) is 19.1 Å². The molecule has 35 heavy (non-hydrogen) atoms. The van der Waals surface area contributed by atoms with Crippen molar-refractivity contribution in [2.45, 2.75) is 32.7 Å². The number of aromatic nitrogens is 3. The van der Waals surface area contributed by atoms with Crippen LogP contribution in [0.25, 0.3) is 11.0 Å². The molecule has 2 aromatic heterocycles. The summed E-state index contributed by atoms with van der Waals surface area (Å²) in [5, 5.41) is 5.55. The summed E-state index contributed by atoms with van der Waals surface area (Å²) < 4.78 is 14.7. The smallest absolute Gasteiger partial charge is 0.329 e. The van der Waals surface area contributed by atoms with Gasteiger partial charge in [0.2, 0.25) is 0 Å². The number of nitrogens with one attached hydrogen (secondary N) is 3. The third-order valence-electron chi connectivity index (χ3n) is 5.97. The highest BCUT2D eigenvalue weighted by Crippen LogP contribution is 2.19. The number of urea groups is 1. The number of rotatable bonds is 6. The predicted molar refractivity (Wildman–Crippen MR) is 129 cm³/mol. The van der Waals surface area contributed by atoms with Crippen LogP contribution >= 0.6 is 0 Å². The Morgan fingerprint density at radius 3 is 2.86 bits per heavy atom. The second-order valence-corrected chi connectivity index (χ2v) is 8.61. The number of aryl methyl sites for hydroxylation is 1. The van der Waals surface area contributed by atoms with E-state index in [1.54, 1.807) is 11.0 Å². The number of likely N-dealkylation sites (tertiary alicyclic amines) is 1. The van der Waals surface area contributed by atoms with Crippen LogP contribution in [0.15, 0.2) is 46.1 Å². The Bertz CT molecular complexity index is 1370. The van der Waals surface area contributed by atoms with E-state index in [2.05, 4.69) is 20.6 Å². The summed E-state index contributed by atoms with van der Waals surface area (Å²) >= 11 is 0. The van der Waals surface area contributed by atoms with E-state index in [4.69, 9.17) is 0 Å². The molecule has 0 saturated carbocycles. The van der Waals surface area contributed by atoms with Crippen molar-refractivity contribution in [3.05, 3.63) is 68.7 Å². The Labute approximate surface area is 200 Å². The van der Waals surface area contributed by atoms with Crippen molar-refractivity contribution in [2.24, 2.45) is 5.92 Å². The first-order valence-corrected chi connectivity index (χ1v) is 11.6. The summed E-state index contributed by atoms with van der Waals surface area (Å²) in [6, 6.07) is 6.65.